The SMILES string of the molecule is O=C(O)CCC(=O)c1ccc(-c2ccc(-c3ccccc3)cc2)cc1. The first-order chi connectivity index (χ1) is 12.1. The lowest BCUT2D eigenvalue weighted by molar-refractivity contribution is -0.136. The Morgan fingerprint density at radius 3 is 1.52 bits per heavy atom. The van der Waals surface area contributed by atoms with Gasteiger partial charge in [-0.05, 0) is 22.3 Å². The van der Waals surface area contributed by atoms with Crippen LogP contribution in [0.2, 0.25) is 0 Å². The van der Waals surface area contributed by atoms with E-state index in [9.17, 15) is 9.59 Å². The molecule has 0 unspecified atom stereocenters. The quantitative estimate of drug-likeness (QED) is 0.642. The minimum absolute atomic E-state index is 0.0282. The number of carboxylic acids is 1. The number of Topliss-reactive ketones (excluding diaryl/α,β-unsaturated/α-hetero) is 1. The monoisotopic (exact) mass is 330 g/mol. The van der Waals surface area contributed by atoms with E-state index in [0.717, 1.165) is 16.7 Å². The number of ketones is 1. The van der Waals surface area contributed by atoms with Gasteiger partial charge in [0, 0.05) is 12.0 Å². The van der Waals surface area contributed by atoms with Gasteiger partial charge in [-0.15, -0.1) is 0 Å². The zero-order valence-corrected chi connectivity index (χ0v) is 13.7. The summed E-state index contributed by atoms with van der Waals surface area (Å²) in [5.74, 6) is -1.10. The van der Waals surface area contributed by atoms with E-state index in [-0.39, 0.29) is 18.6 Å². The van der Waals surface area contributed by atoms with Crippen molar-refractivity contribution < 1.29 is 14.7 Å². The van der Waals surface area contributed by atoms with Gasteiger partial charge in [0.15, 0.2) is 5.78 Å². The third-order valence-corrected chi connectivity index (χ3v) is 4.10. The van der Waals surface area contributed by atoms with Gasteiger partial charge in [0.1, 0.15) is 0 Å². The molecular formula is C22H18O3. The van der Waals surface area contributed by atoms with Gasteiger partial charge in [0.2, 0.25) is 0 Å². The normalized spacial score (nSPS) is 10.4. The molecule has 3 aromatic rings. The number of aliphatic carboxylic acids is 1. The maximum atomic E-state index is 11.9. The Morgan fingerprint density at radius 2 is 1.04 bits per heavy atom. The molecule has 0 amide bonds. The number of hydrogen-bond acceptors (Lipinski definition) is 2. The van der Waals surface area contributed by atoms with Gasteiger partial charge < -0.3 is 5.11 Å². The summed E-state index contributed by atoms with van der Waals surface area (Å²) in [6, 6.07) is 25.8. The van der Waals surface area contributed by atoms with Crippen LogP contribution in [-0.2, 0) is 4.79 Å². The van der Waals surface area contributed by atoms with Crippen molar-refractivity contribution in [3.8, 4) is 22.3 Å². The summed E-state index contributed by atoms with van der Waals surface area (Å²) in [6.45, 7) is 0. The molecule has 0 radical (unpaired) electrons. The zero-order valence-electron chi connectivity index (χ0n) is 13.7. The average Bonchev–Trinajstić information content (AvgIpc) is 2.67. The lowest BCUT2D eigenvalue weighted by Crippen LogP contribution is -2.03. The molecular weight excluding hydrogens is 312 g/mol. The molecule has 0 aliphatic heterocycles. The first kappa shape index (κ1) is 16.7. The first-order valence-corrected chi connectivity index (χ1v) is 8.14. The number of carbonyl (C=O) groups excluding carboxylic acids is 1. The highest BCUT2D eigenvalue weighted by molar-refractivity contribution is 5.97. The molecule has 0 heterocycles. The van der Waals surface area contributed by atoms with Crippen molar-refractivity contribution in [2.45, 2.75) is 12.8 Å². The summed E-state index contributed by atoms with van der Waals surface area (Å²) < 4.78 is 0. The van der Waals surface area contributed by atoms with Crippen LogP contribution in [0.1, 0.15) is 23.2 Å². The minimum atomic E-state index is -0.955. The van der Waals surface area contributed by atoms with Crippen LogP contribution in [0.3, 0.4) is 0 Å². The summed E-state index contributed by atoms with van der Waals surface area (Å²) in [5, 5.41) is 8.65. The largest absolute Gasteiger partial charge is 0.481 e. The van der Waals surface area contributed by atoms with E-state index >= 15 is 0 Å². The van der Waals surface area contributed by atoms with Crippen LogP contribution in [-0.4, -0.2) is 16.9 Å². The molecule has 124 valence electrons. The molecule has 3 rings (SSSR count). The van der Waals surface area contributed by atoms with Crippen LogP contribution in [0, 0.1) is 0 Å². The third-order valence-electron chi connectivity index (χ3n) is 4.10. The van der Waals surface area contributed by atoms with E-state index in [1.807, 2.05) is 30.3 Å². The fraction of sp³-hybridized carbons (Fsp3) is 0.0909. The van der Waals surface area contributed by atoms with Gasteiger partial charge in [-0.2, -0.15) is 0 Å². The van der Waals surface area contributed by atoms with Crippen molar-refractivity contribution >= 4 is 11.8 Å². The van der Waals surface area contributed by atoms with Crippen molar-refractivity contribution in [2.24, 2.45) is 0 Å². The van der Waals surface area contributed by atoms with E-state index in [0.29, 0.717) is 5.56 Å². The van der Waals surface area contributed by atoms with E-state index in [1.54, 1.807) is 12.1 Å². The third kappa shape index (κ3) is 4.21. The van der Waals surface area contributed by atoms with Gasteiger partial charge in [-0.3, -0.25) is 9.59 Å². The predicted molar refractivity (Wildman–Crippen MR) is 98.5 cm³/mol. The lowest BCUT2D eigenvalue weighted by Gasteiger charge is -2.06. The lowest BCUT2D eigenvalue weighted by atomic mass is 9.98. The summed E-state index contributed by atoms with van der Waals surface area (Å²) in [5.41, 5.74) is 4.97. The zero-order chi connectivity index (χ0) is 17.6. The highest BCUT2D eigenvalue weighted by atomic mass is 16.4. The number of rotatable bonds is 6. The van der Waals surface area contributed by atoms with Crippen LogP contribution in [0.15, 0.2) is 78.9 Å². The summed E-state index contributed by atoms with van der Waals surface area (Å²) in [7, 11) is 0. The van der Waals surface area contributed by atoms with Crippen molar-refractivity contribution in [2.75, 3.05) is 0 Å². The maximum absolute atomic E-state index is 11.9. The second-order valence-corrected chi connectivity index (χ2v) is 5.84. The topological polar surface area (TPSA) is 54.4 Å². The molecule has 0 spiro atoms. The Bertz CT molecular complexity index is 863. The standard InChI is InChI=1S/C22H18O3/c23-21(14-15-22(24)25)20-12-10-19(11-13-20)18-8-6-17(7-9-18)16-4-2-1-3-5-16/h1-13H,14-15H2,(H,24,25). The van der Waals surface area contributed by atoms with Crippen LogP contribution in [0.4, 0.5) is 0 Å². The molecule has 25 heavy (non-hydrogen) atoms. The van der Waals surface area contributed by atoms with Crippen LogP contribution < -0.4 is 0 Å². The van der Waals surface area contributed by atoms with Crippen molar-refractivity contribution in [3.05, 3.63) is 84.4 Å². The summed E-state index contributed by atoms with van der Waals surface area (Å²) in [4.78, 5) is 22.5. The second kappa shape index (κ2) is 7.58. The minimum Gasteiger partial charge on any atom is -0.481 e. The number of benzene rings is 3. The van der Waals surface area contributed by atoms with E-state index < -0.39 is 5.97 Å². The smallest absolute Gasteiger partial charge is 0.303 e. The van der Waals surface area contributed by atoms with Crippen molar-refractivity contribution in [3.63, 3.8) is 0 Å². The van der Waals surface area contributed by atoms with Gasteiger partial charge in [0.25, 0.3) is 0 Å². The first-order valence-electron chi connectivity index (χ1n) is 8.14. The molecule has 1 N–H and O–H groups in total. The Labute approximate surface area is 146 Å². The van der Waals surface area contributed by atoms with Crippen LogP contribution in [0.25, 0.3) is 22.3 Å². The number of hydrogen-bond donors (Lipinski definition) is 1. The molecule has 3 nitrogen and oxygen atoms in total. The molecule has 0 saturated carbocycles. The highest BCUT2D eigenvalue weighted by Gasteiger charge is 2.08. The number of carbonyl (C=O) groups is 2. The molecule has 0 bridgehead atoms. The van der Waals surface area contributed by atoms with Crippen molar-refractivity contribution in [1.29, 1.82) is 0 Å². The molecule has 0 fully saturated rings. The Morgan fingerprint density at radius 1 is 0.600 bits per heavy atom. The molecule has 3 heteroatoms. The predicted octanol–water partition coefficient (Wildman–Crippen LogP) is 5.07. The Kier molecular flexibility index (Phi) is 5.05. The van der Waals surface area contributed by atoms with E-state index in [2.05, 4.69) is 36.4 Å². The van der Waals surface area contributed by atoms with Gasteiger partial charge >= 0.3 is 5.97 Å². The molecule has 0 aliphatic carbocycles. The van der Waals surface area contributed by atoms with Gasteiger partial charge in [0.05, 0.1) is 6.42 Å². The summed E-state index contributed by atoms with van der Waals surface area (Å²) >= 11 is 0. The molecule has 0 aromatic heterocycles. The number of carboxylic acid groups (broad SMARTS) is 1. The summed E-state index contributed by atoms with van der Waals surface area (Å²) in [6.07, 6.45) is -0.109. The van der Waals surface area contributed by atoms with Gasteiger partial charge in [-0.1, -0.05) is 78.9 Å². The fourth-order valence-corrected chi connectivity index (χ4v) is 2.70. The Balaban J connectivity index is 1.74. The average molecular weight is 330 g/mol. The maximum Gasteiger partial charge on any atom is 0.303 e. The molecule has 3 aromatic carbocycles. The second-order valence-electron chi connectivity index (χ2n) is 5.84. The molecule has 0 aliphatic rings. The van der Waals surface area contributed by atoms with E-state index in [4.69, 9.17) is 5.11 Å². The van der Waals surface area contributed by atoms with Crippen LogP contribution in [0.5, 0.6) is 0 Å². The van der Waals surface area contributed by atoms with Crippen LogP contribution >= 0.6 is 0 Å². The van der Waals surface area contributed by atoms with E-state index in [1.165, 1.54) is 5.56 Å². The highest BCUT2D eigenvalue weighted by Crippen LogP contribution is 2.25. The van der Waals surface area contributed by atoms with Crippen molar-refractivity contribution in [1.82, 2.24) is 0 Å². The molecule has 0 saturated heterocycles. The Hall–Kier alpha value is -3.20. The molecule has 0 atom stereocenters. The van der Waals surface area contributed by atoms with Gasteiger partial charge in [-0.25, -0.2) is 0 Å². The fourth-order valence-electron chi connectivity index (χ4n) is 2.70.